The Bertz CT molecular complexity index is 417. The SMILES string of the molecule is CCC(C)C1CCN(c2c(OC)ccnc2F)CC1. The van der Waals surface area contributed by atoms with Gasteiger partial charge in [-0.3, -0.25) is 0 Å². The van der Waals surface area contributed by atoms with Gasteiger partial charge in [-0.05, 0) is 24.7 Å². The molecule has 1 aromatic rings. The summed E-state index contributed by atoms with van der Waals surface area (Å²) in [6, 6.07) is 1.72. The highest BCUT2D eigenvalue weighted by molar-refractivity contribution is 5.57. The third-order valence-electron chi connectivity index (χ3n) is 4.37. The van der Waals surface area contributed by atoms with Gasteiger partial charge in [0, 0.05) is 25.4 Å². The van der Waals surface area contributed by atoms with E-state index in [2.05, 4.69) is 23.7 Å². The molecule has 4 heteroatoms. The van der Waals surface area contributed by atoms with Crippen LogP contribution in [0.15, 0.2) is 12.3 Å². The minimum Gasteiger partial charge on any atom is -0.494 e. The summed E-state index contributed by atoms with van der Waals surface area (Å²) in [6.07, 6.45) is 4.90. The van der Waals surface area contributed by atoms with Crippen molar-refractivity contribution in [2.45, 2.75) is 33.1 Å². The summed E-state index contributed by atoms with van der Waals surface area (Å²) in [5, 5.41) is 0. The maximum Gasteiger partial charge on any atom is 0.240 e. The Kier molecular flexibility index (Phi) is 4.61. The molecule has 1 aliphatic heterocycles. The van der Waals surface area contributed by atoms with Crippen molar-refractivity contribution in [2.75, 3.05) is 25.1 Å². The molecule has 0 amide bonds. The lowest BCUT2D eigenvalue weighted by Crippen LogP contribution is -2.36. The summed E-state index contributed by atoms with van der Waals surface area (Å²) < 4.78 is 19.2. The van der Waals surface area contributed by atoms with Gasteiger partial charge in [-0.1, -0.05) is 20.3 Å². The fraction of sp³-hybridized carbons (Fsp3) is 0.667. The minimum atomic E-state index is -0.429. The summed E-state index contributed by atoms with van der Waals surface area (Å²) in [5.41, 5.74) is 0.521. The van der Waals surface area contributed by atoms with Crippen LogP contribution >= 0.6 is 0 Å². The smallest absolute Gasteiger partial charge is 0.240 e. The number of pyridine rings is 1. The molecule has 0 aliphatic carbocycles. The van der Waals surface area contributed by atoms with Crippen molar-refractivity contribution in [1.29, 1.82) is 0 Å². The van der Waals surface area contributed by atoms with Gasteiger partial charge in [0.1, 0.15) is 11.4 Å². The van der Waals surface area contributed by atoms with Crippen molar-refractivity contribution >= 4 is 5.69 Å². The van der Waals surface area contributed by atoms with Gasteiger partial charge in [0.2, 0.25) is 5.95 Å². The number of aromatic nitrogens is 1. The van der Waals surface area contributed by atoms with Crippen LogP contribution in [-0.4, -0.2) is 25.2 Å². The van der Waals surface area contributed by atoms with Gasteiger partial charge in [-0.15, -0.1) is 0 Å². The molecule has 0 bridgehead atoms. The Morgan fingerprint density at radius 2 is 2.16 bits per heavy atom. The molecule has 0 aromatic carbocycles. The van der Waals surface area contributed by atoms with Crippen molar-refractivity contribution in [3.8, 4) is 5.75 Å². The third-order valence-corrected chi connectivity index (χ3v) is 4.37. The third kappa shape index (κ3) is 2.99. The molecule has 1 atom stereocenters. The Labute approximate surface area is 114 Å². The molecular formula is C15H23FN2O. The van der Waals surface area contributed by atoms with E-state index >= 15 is 0 Å². The van der Waals surface area contributed by atoms with E-state index < -0.39 is 5.95 Å². The summed E-state index contributed by atoms with van der Waals surface area (Å²) in [5.74, 6) is 1.66. The van der Waals surface area contributed by atoms with Gasteiger partial charge in [0.15, 0.2) is 0 Å². The Morgan fingerprint density at radius 1 is 1.47 bits per heavy atom. The van der Waals surface area contributed by atoms with Crippen molar-refractivity contribution in [1.82, 2.24) is 4.98 Å². The van der Waals surface area contributed by atoms with Crippen LogP contribution in [0.1, 0.15) is 33.1 Å². The fourth-order valence-electron chi connectivity index (χ4n) is 2.89. The standard InChI is InChI=1S/C15H23FN2O/c1-4-11(2)12-6-9-18(10-7-12)14-13(19-3)5-8-17-15(14)16/h5,8,11-12H,4,6-7,9-10H2,1-3H3. The lowest BCUT2D eigenvalue weighted by Gasteiger charge is -2.36. The molecule has 19 heavy (non-hydrogen) atoms. The molecule has 1 fully saturated rings. The van der Waals surface area contributed by atoms with E-state index in [1.54, 1.807) is 13.2 Å². The molecule has 1 saturated heterocycles. The van der Waals surface area contributed by atoms with E-state index in [1.807, 2.05) is 0 Å². The van der Waals surface area contributed by atoms with E-state index in [1.165, 1.54) is 12.6 Å². The topological polar surface area (TPSA) is 25.4 Å². The van der Waals surface area contributed by atoms with Crippen LogP contribution in [0.2, 0.25) is 0 Å². The molecular weight excluding hydrogens is 243 g/mol. The number of hydrogen-bond donors (Lipinski definition) is 0. The highest BCUT2D eigenvalue weighted by Gasteiger charge is 2.26. The van der Waals surface area contributed by atoms with Gasteiger partial charge in [-0.25, -0.2) is 4.98 Å². The number of halogens is 1. The van der Waals surface area contributed by atoms with Crippen molar-refractivity contribution < 1.29 is 9.13 Å². The van der Waals surface area contributed by atoms with E-state index in [-0.39, 0.29) is 0 Å². The zero-order valence-electron chi connectivity index (χ0n) is 12.0. The van der Waals surface area contributed by atoms with Crippen LogP contribution in [0.4, 0.5) is 10.1 Å². The fourth-order valence-corrected chi connectivity index (χ4v) is 2.89. The Morgan fingerprint density at radius 3 is 2.74 bits per heavy atom. The molecule has 0 saturated carbocycles. The lowest BCUT2D eigenvalue weighted by molar-refractivity contribution is 0.284. The number of ether oxygens (including phenoxy) is 1. The predicted octanol–water partition coefficient (Wildman–Crippen LogP) is 3.49. The predicted molar refractivity (Wildman–Crippen MR) is 75.1 cm³/mol. The lowest BCUT2D eigenvalue weighted by atomic mass is 9.84. The molecule has 2 rings (SSSR count). The summed E-state index contributed by atoms with van der Waals surface area (Å²) in [4.78, 5) is 5.81. The molecule has 1 unspecified atom stereocenters. The van der Waals surface area contributed by atoms with E-state index in [0.29, 0.717) is 11.4 Å². The van der Waals surface area contributed by atoms with Gasteiger partial charge in [0.25, 0.3) is 0 Å². The zero-order valence-corrected chi connectivity index (χ0v) is 12.0. The van der Waals surface area contributed by atoms with Gasteiger partial charge in [-0.2, -0.15) is 4.39 Å². The number of nitrogens with zero attached hydrogens (tertiary/aromatic N) is 2. The average molecular weight is 266 g/mol. The number of rotatable bonds is 4. The zero-order chi connectivity index (χ0) is 13.8. The molecule has 0 spiro atoms. The number of hydrogen-bond acceptors (Lipinski definition) is 3. The van der Waals surface area contributed by atoms with Crippen LogP contribution in [0.3, 0.4) is 0 Å². The van der Waals surface area contributed by atoms with Crippen LogP contribution < -0.4 is 9.64 Å². The molecule has 3 nitrogen and oxygen atoms in total. The van der Waals surface area contributed by atoms with E-state index in [4.69, 9.17) is 4.74 Å². The number of anilines is 1. The van der Waals surface area contributed by atoms with Crippen LogP contribution in [0.25, 0.3) is 0 Å². The largest absolute Gasteiger partial charge is 0.494 e. The van der Waals surface area contributed by atoms with E-state index in [0.717, 1.165) is 37.8 Å². The highest BCUT2D eigenvalue weighted by Crippen LogP contribution is 2.34. The highest BCUT2D eigenvalue weighted by atomic mass is 19.1. The molecule has 1 aliphatic rings. The quantitative estimate of drug-likeness (QED) is 0.780. The second-order valence-corrected chi connectivity index (χ2v) is 5.36. The van der Waals surface area contributed by atoms with Crippen molar-refractivity contribution in [3.05, 3.63) is 18.2 Å². The molecule has 0 N–H and O–H groups in total. The summed E-state index contributed by atoms with van der Waals surface area (Å²) in [6.45, 7) is 6.31. The van der Waals surface area contributed by atoms with Crippen molar-refractivity contribution in [3.63, 3.8) is 0 Å². The van der Waals surface area contributed by atoms with E-state index in [9.17, 15) is 4.39 Å². The normalized spacial score (nSPS) is 18.4. The molecule has 1 aromatic heterocycles. The summed E-state index contributed by atoms with van der Waals surface area (Å²) in [7, 11) is 1.57. The monoisotopic (exact) mass is 266 g/mol. The van der Waals surface area contributed by atoms with Gasteiger partial charge < -0.3 is 9.64 Å². The first-order chi connectivity index (χ1) is 9.17. The van der Waals surface area contributed by atoms with Crippen LogP contribution in [0, 0.1) is 17.8 Å². The summed E-state index contributed by atoms with van der Waals surface area (Å²) >= 11 is 0. The van der Waals surface area contributed by atoms with Crippen LogP contribution in [0.5, 0.6) is 5.75 Å². The first kappa shape index (κ1) is 14.1. The van der Waals surface area contributed by atoms with Crippen molar-refractivity contribution in [2.24, 2.45) is 11.8 Å². The second kappa shape index (κ2) is 6.22. The maximum atomic E-state index is 13.9. The Hall–Kier alpha value is -1.32. The van der Waals surface area contributed by atoms with Crippen LogP contribution in [-0.2, 0) is 0 Å². The van der Waals surface area contributed by atoms with Gasteiger partial charge >= 0.3 is 0 Å². The molecule has 0 radical (unpaired) electrons. The number of piperidine rings is 1. The Balaban J connectivity index is 2.09. The van der Waals surface area contributed by atoms with Gasteiger partial charge in [0.05, 0.1) is 7.11 Å². The number of methoxy groups -OCH3 is 1. The molecule has 2 heterocycles. The maximum absolute atomic E-state index is 13.9. The molecule has 106 valence electrons. The first-order valence-corrected chi connectivity index (χ1v) is 7.10. The first-order valence-electron chi connectivity index (χ1n) is 7.10. The minimum absolute atomic E-state index is 0.429. The average Bonchev–Trinajstić information content (AvgIpc) is 2.46. The second-order valence-electron chi connectivity index (χ2n) is 5.36.